The van der Waals surface area contributed by atoms with E-state index in [9.17, 15) is 4.79 Å². The minimum atomic E-state index is 0.0249. The van der Waals surface area contributed by atoms with Gasteiger partial charge in [0.2, 0.25) is 11.9 Å². The molecule has 0 atom stereocenters. The standard InChI is InChI=1S/C24H30N6O3/c1-32-20-14-18-19(15-21(20)33-2)28-24(25)29-23(18)27-17-8-6-16(7-9-17)26-22(31)10-13-30-11-4-3-5-12-30/h6-9,14-15H,3-5,10-13H2,1-2H3,(H,26,31)(H3,25,27,28,29). The number of nitrogen functional groups attached to an aromatic ring is 1. The highest BCUT2D eigenvalue weighted by atomic mass is 16.5. The van der Waals surface area contributed by atoms with Crippen LogP contribution in [0, 0.1) is 0 Å². The topological polar surface area (TPSA) is 115 Å². The van der Waals surface area contributed by atoms with Crippen molar-refractivity contribution in [2.75, 3.05) is 50.2 Å². The summed E-state index contributed by atoms with van der Waals surface area (Å²) in [4.78, 5) is 23.3. The second-order valence-corrected chi connectivity index (χ2v) is 8.06. The van der Waals surface area contributed by atoms with Crippen molar-refractivity contribution in [1.29, 1.82) is 0 Å². The zero-order chi connectivity index (χ0) is 23.2. The van der Waals surface area contributed by atoms with Crippen molar-refractivity contribution in [3.63, 3.8) is 0 Å². The average Bonchev–Trinajstić information content (AvgIpc) is 2.83. The van der Waals surface area contributed by atoms with Crippen molar-refractivity contribution in [1.82, 2.24) is 14.9 Å². The summed E-state index contributed by atoms with van der Waals surface area (Å²) in [7, 11) is 3.15. The summed E-state index contributed by atoms with van der Waals surface area (Å²) in [5.41, 5.74) is 8.11. The number of hydrogen-bond donors (Lipinski definition) is 3. The predicted molar refractivity (Wildman–Crippen MR) is 130 cm³/mol. The van der Waals surface area contributed by atoms with Gasteiger partial charge in [0.25, 0.3) is 0 Å². The molecule has 1 aromatic heterocycles. The number of benzene rings is 2. The van der Waals surface area contributed by atoms with Crippen LogP contribution in [0.1, 0.15) is 25.7 Å². The molecular formula is C24H30N6O3. The van der Waals surface area contributed by atoms with Gasteiger partial charge in [0.05, 0.1) is 19.7 Å². The molecule has 4 rings (SSSR count). The molecule has 0 spiro atoms. The van der Waals surface area contributed by atoms with E-state index in [4.69, 9.17) is 15.2 Å². The Balaban J connectivity index is 1.43. The van der Waals surface area contributed by atoms with Crippen LogP contribution < -0.4 is 25.8 Å². The summed E-state index contributed by atoms with van der Waals surface area (Å²) >= 11 is 0. The Kier molecular flexibility index (Phi) is 7.09. The zero-order valence-corrected chi connectivity index (χ0v) is 19.1. The number of nitrogens with two attached hydrogens (primary N) is 1. The van der Waals surface area contributed by atoms with Crippen LogP contribution in [0.5, 0.6) is 11.5 Å². The molecule has 4 N–H and O–H groups in total. The van der Waals surface area contributed by atoms with E-state index < -0.39 is 0 Å². The first-order valence-corrected chi connectivity index (χ1v) is 11.1. The molecule has 0 aliphatic carbocycles. The van der Waals surface area contributed by atoms with Gasteiger partial charge in [-0.2, -0.15) is 4.98 Å². The Morgan fingerprint density at radius 3 is 2.36 bits per heavy atom. The van der Waals surface area contributed by atoms with Crippen molar-refractivity contribution >= 4 is 40.0 Å². The second kappa shape index (κ2) is 10.4. The number of nitrogens with one attached hydrogen (secondary N) is 2. The first kappa shape index (κ1) is 22.6. The van der Waals surface area contributed by atoms with Gasteiger partial charge in [0.1, 0.15) is 5.82 Å². The third-order valence-corrected chi connectivity index (χ3v) is 5.75. The van der Waals surface area contributed by atoms with E-state index in [1.807, 2.05) is 30.3 Å². The fourth-order valence-corrected chi connectivity index (χ4v) is 4.01. The highest BCUT2D eigenvalue weighted by Gasteiger charge is 2.14. The molecule has 9 nitrogen and oxygen atoms in total. The summed E-state index contributed by atoms with van der Waals surface area (Å²) in [6.45, 7) is 2.99. The predicted octanol–water partition coefficient (Wildman–Crippen LogP) is 3.79. The Labute approximate surface area is 193 Å². The van der Waals surface area contributed by atoms with Gasteiger partial charge in [-0.3, -0.25) is 4.79 Å². The number of ether oxygens (including phenoxy) is 2. The number of likely N-dealkylation sites (tertiary alicyclic amines) is 1. The van der Waals surface area contributed by atoms with Gasteiger partial charge in [0.15, 0.2) is 11.5 Å². The molecule has 3 aromatic rings. The van der Waals surface area contributed by atoms with Gasteiger partial charge >= 0.3 is 0 Å². The largest absolute Gasteiger partial charge is 0.493 e. The summed E-state index contributed by atoms with van der Waals surface area (Å²) in [6.07, 6.45) is 4.24. The number of carbonyl (C=O) groups excluding carboxylic acids is 1. The number of piperidine rings is 1. The van der Waals surface area contributed by atoms with Crippen molar-refractivity contribution in [3.8, 4) is 11.5 Å². The van der Waals surface area contributed by atoms with Crippen LogP contribution in [0.2, 0.25) is 0 Å². The van der Waals surface area contributed by atoms with E-state index in [1.54, 1.807) is 20.3 Å². The number of anilines is 4. The van der Waals surface area contributed by atoms with Crippen LogP contribution in [0.3, 0.4) is 0 Å². The highest BCUT2D eigenvalue weighted by Crippen LogP contribution is 2.35. The maximum atomic E-state index is 12.3. The summed E-state index contributed by atoms with van der Waals surface area (Å²) < 4.78 is 10.8. The van der Waals surface area contributed by atoms with Gasteiger partial charge in [-0.15, -0.1) is 0 Å². The normalized spacial score (nSPS) is 14.1. The Bertz CT molecular complexity index is 1110. The number of fused-ring (bicyclic) bond motifs is 1. The lowest BCUT2D eigenvalue weighted by Crippen LogP contribution is -2.32. The highest BCUT2D eigenvalue weighted by molar-refractivity contribution is 5.94. The average molecular weight is 451 g/mol. The molecule has 1 aliphatic heterocycles. The molecule has 174 valence electrons. The molecule has 0 bridgehead atoms. The number of aromatic nitrogens is 2. The molecule has 0 saturated carbocycles. The minimum Gasteiger partial charge on any atom is -0.493 e. The van der Waals surface area contributed by atoms with E-state index in [2.05, 4.69) is 25.5 Å². The third-order valence-electron chi connectivity index (χ3n) is 5.75. The van der Waals surface area contributed by atoms with Crippen LogP contribution in [-0.4, -0.2) is 54.6 Å². The first-order chi connectivity index (χ1) is 16.1. The number of nitrogens with zero attached hydrogens (tertiary/aromatic N) is 3. The molecular weight excluding hydrogens is 420 g/mol. The summed E-state index contributed by atoms with van der Waals surface area (Å²) in [5, 5.41) is 7.00. The zero-order valence-electron chi connectivity index (χ0n) is 19.1. The fraction of sp³-hybridized carbons (Fsp3) is 0.375. The summed E-state index contributed by atoms with van der Waals surface area (Å²) in [5.74, 6) is 1.86. The molecule has 33 heavy (non-hydrogen) atoms. The number of hydrogen-bond acceptors (Lipinski definition) is 8. The van der Waals surface area contributed by atoms with Crippen molar-refractivity contribution in [2.24, 2.45) is 0 Å². The van der Waals surface area contributed by atoms with E-state index in [1.165, 1.54) is 19.3 Å². The third kappa shape index (κ3) is 5.61. The fourth-order valence-electron chi connectivity index (χ4n) is 4.01. The van der Waals surface area contributed by atoms with Gasteiger partial charge in [0, 0.05) is 35.8 Å². The van der Waals surface area contributed by atoms with E-state index in [0.29, 0.717) is 29.3 Å². The van der Waals surface area contributed by atoms with Crippen molar-refractivity contribution in [3.05, 3.63) is 36.4 Å². The smallest absolute Gasteiger partial charge is 0.225 e. The molecule has 1 fully saturated rings. The molecule has 0 radical (unpaired) electrons. The molecule has 2 heterocycles. The number of methoxy groups -OCH3 is 2. The van der Waals surface area contributed by atoms with Gasteiger partial charge in [-0.05, 0) is 56.3 Å². The van der Waals surface area contributed by atoms with E-state index in [-0.39, 0.29) is 11.9 Å². The van der Waals surface area contributed by atoms with Crippen LogP contribution in [0.4, 0.5) is 23.1 Å². The molecule has 2 aromatic carbocycles. The Morgan fingerprint density at radius 2 is 1.67 bits per heavy atom. The van der Waals surface area contributed by atoms with Crippen LogP contribution in [0.15, 0.2) is 36.4 Å². The van der Waals surface area contributed by atoms with Crippen molar-refractivity contribution < 1.29 is 14.3 Å². The second-order valence-electron chi connectivity index (χ2n) is 8.06. The minimum absolute atomic E-state index is 0.0249. The number of amides is 1. The summed E-state index contributed by atoms with van der Waals surface area (Å²) in [6, 6.07) is 11.1. The van der Waals surface area contributed by atoms with Crippen LogP contribution >= 0.6 is 0 Å². The van der Waals surface area contributed by atoms with Gasteiger partial charge in [-0.25, -0.2) is 4.98 Å². The molecule has 9 heteroatoms. The molecule has 1 saturated heterocycles. The van der Waals surface area contributed by atoms with Gasteiger partial charge in [-0.1, -0.05) is 6.42 Å². The molecule has 1 amide bonds. The van der Waals surface area contributed by atoms with Gasteiger partial charge < -0.3 is 30.7 Å². The monoisotopic (exact) mass is 450 g/mol. The van der Waals surface area contributed by atoms with Crippen LogP contribution in [0.25, 0.3) is 10.9 Å². The van der Waals surface area contributed by atoms with Crippen LogP contribution in [-0.2, 0) is 4.79 Å². The Hall–Kier alpha value is -3.59. The quantitative estimate of drug-likeness (QED) is 0.475. The molecule has 0 unspecified atom stereocenters. The van der Waals surface area contributed by atoms with E-state index >= 15 is 0 Å². The number of rotatable bonds is 8. The lowest BCUT2D eigenvalue weighted by atomic mass is 10.1. The maximum absolute atomic E-state index is 12.3. The molecule has 1 aliphatic rings. The lowest BCUT2D eigenvalue weighted by Gasteiger charge is -2.25. The SMILES string of the molecule is COc1cc2nc(N)nc(Nc3ccc(NC(=O)CCN4CCCCC4)cc3)c2cc1OC. The number of carbonyl (C=O) groups is 1. The Morgan fingerprint density at radius 1 is 1.00 bits per heavy atom. The maximum Gasteiger partial charge on any atom is 0.225 e. The lowest BCUT2D eigenvalue weighted by molar-refractivity contribution is -0.116. The first-order valence-electron chi connectivity index (χ1n) is 11.1. The van der Waals surface area contributed by atoms with Crippen molar-refractivity contribution in [2.45, 2.75) is 25.7 Å². The van der Waals surface area contributed by atoms with E-state index in [0.717, 1.165) is 36.4 Å².